The van der Waals surface area contributed by atoms with Crippen molar-refractivity contribution in [2.24, 2.45) is 0 Å². The normalized spacial score (nSPS) is 10.7. The van der Waals surface area contributed by atoms with Crippen LogP contribution >= 0.6 is 11.6 Å². The van der Waals surface area contributed by atoms with Gasteiger partial charge in [0.25, 0.3) is 5.91 Å². The Morgan fingerprint density at radius 1 is 1.10 bits per heavy atom. The number of benzene rings is 2. The zero-order chi connectivity index (χ0) is 20.9. The monoisotopic (exact) mass is 421 g/mol. The Morgan fingerprint density at radius 3 is 2.73 bits per heavy atom. The fourth-order valence-corrected chi connectivity index (χ4v) is 3.11. The molecule has 0 unspecified atom stereocenters. The first kappa shape index (κ1) is 19.7. The number of carbonyl (C=O) groups excluding carboxylic acids is 1. The zero-order valence-electron chi connectivity index (χ0n) is 16.3. The van der Waals surface area contributed by atoms with Crippen molar-refractivity contribution in [3.05, 3.63) is 95.0 Å². The summed E-state index contributed by atoms with van der Waals surface area (Å²) >= 11 is 6.07. The van der Waals surface area contributed by atoms with E-state index in [1.807, 2.05) is 24.3 Å². The molecule has 0 bridgehead atoms. The van der Waals surface area contributed by atoms with Crippen LogP contribution in [0.3, 0.4) is 0 Å². The number of anilines is 1. The topological polar surface area (TPSA) is 74.0 Å². The molecule has 152 valence electrons. The number of hydrogen-bond acceptors (Lipinski definition) is 4. The highest BCUT2D eigenvalue weighted by atomic mass is 35.5. The smallest absolute Gasteiger partial charge is 0.276 e. The Morgan fingerprint density at radius 2 is 1.90 bits per heavy atom. The molecule has 0 aliphatic heterocycles. The van der Waals surface area contributed by atoms with Gasteiger partial charge in [-0.15, -0.1) is 0 Å². The molecule has 2 heterocycles. The van der Waals surface area contributed by atoms with Gasteiger partial charge >= 0.3 is 0 Å². The molecule has 0 saturated carbocycles. The van der Waals surface area contributed by atoms with Crippen LogP contribution in [0.2, 0.25) is 5.02 Å². The summed E-state index contributed by atoms with van der Waals surface area (Å²) in [7, 11) is 0. The molecule has 0 aliphatic carbocycles. The van der Waals surface area contributed by atoms with Gasteiger partial charge in [-0.05, 0) is 36.2 Å². The molecule has 2 aromatic heterocycles. The van der Waals surface area contributed by atoms with Crippen LogP contribution in [0, 0.1) is 6.92 Å². The second-order valence-electron chi connectivity index (χ2n) is 6.75. The quantitative estimate of drug-likeness (QED) is 0.480. The zero-order valence-corrected chi connectivity index (χ0v) is 17.1. The number of nitrogens with one attached hydrogen (secondary N) is 1. The van der Waals surface area contributed by atoms with E-state index >= 15 is 0 Å². The average Bonchev–Trinajstić information content (AvgIpc) is 3.39. The first-order valence-corrected chi connectivity index (χ1v) is 9.75. The Hall–Kier alpha value is -3.58. The van der Waals surface area contributed by atoms with E-state index < -0.39 is 0 Å². The second-order valence-corrected chi connectivity index (χ2v) is 7.16. The average molecular weight is 422 g/mol. The second kappa shape index (κ2) is 8.84. The highest BCUT2D eigenvalue weighted by Crippen LogP contribution is 2.23. The van der Waals surface area contributed by atoms with Crippen molar-refractivity contribution in [2.45, 2.75) is 20.2 Å². The molecule has 4 rings (SSSR count). The first-order chi connectivity index (χ1) is 14.6. The standard InChI is InChI=1S/C22H20ClN5O2/c1-16-6-2-3-7-17(16)13-28-14-18(12-24-28)25-22(29)20-10-11-27(26-20)15-30-21-9-5-4-8-19(21)23/h2-12,14H,13,15H2,1H3,(H,25,29). The molecule has 7 nitrogen and oxygen atoms in total. The minimum atomic E-state index is -0.318. The van der Waals surface area contributed by atoms with Gasteiger partial charge in [0.2, 0.25) is 0 Å². The summed E-state index contributed by atoms with van der Waals surface area (Å²) in [6.45, 7) is 2.84. The summed E-state index contributed by atoms with van der Waals surface area (Å²) in [5.74, 6) is 0.240. The van der Waals surface area contributed by atoms with Crippen LogP contribution in [-0.4, -0.2) is 25.5 Å². The van der Waals surface area contributed by atoms with Gasteiger partial charge < -0.3 is 10.1 Å². The van der Waals surface area contributed by atoms with Crippen molar-refractivity contribution in [2.75, 3.05) is 5.32 Å². The molecule has 2 aromatic carbocycles. The summed E-state index contributed by atoms with van der Waals surface area (Å²) in [4.78, 5) is 12.5. The van der Waals surface area contributed by atoms with Crippen LogP contribution in [0.4, 0.5) is 5.69 Å². The maximum atomic E-state index is 12.5. The third-order valence-corrected chi connectivity index (χ3v) is 4.86. The van der Waals surface area contributed by atoms with E-state index in [4.69, 9.17) is 16.3 Å². The number of nitrogens with zero attached hydrogens (tertiary/aromatic N) is 4. The highest BCUT2D eigenvalue weighted by Gasteiger charge is 2.12. The van der Waals surface area contributed by atoms with Crippen molar-refractivity contribution in [1.29, 1.82) is 0 Å². The van der Waals surface area contributed by atoms with Crippen LogP contribution in [-0.2, 0) is 13.3 Å². The van der Waals surface area contributed by atoms with Crippen molar-refractivity contribution in [3.63, 3.8) is 0 Å². The van der Waals surface area contributed by atoms with Gasteiger partial charge in [-0.25, -0.2) is 4.68 Å². The van der Waals surface area contributed by atoms with Crippen LogP contribution < -0.4 is 10.1 Å². The van der Waals surface area contributed by atoms with Gasteiger partial charge in [0, 0.05) is 12.4 Å². The molecule has 0 saturated heterocycles. The van der Waals surface area contributed by atoms with Crippen LogP contribution in [0.15, 0.2) is 73.2 Å². The Balaban J connectivity index is 1.35. The molecule has 30 heavy (non-hydrogen) atoms. The number of hydrogen-bond donors (Lipinski definition) is 1. The molecule has 0 radical (unpaired) electrons. The van der Waals surface area contributed by atoms with Crippen molar-refractivity contribution < 1.29 is 9.53 Å². The molecule has 0 atom stereocenters. The van der Waals surface area contributed by atoms with Crippen molar-refractivity contribution in [1.82, 2.24) is 19.6 Å². The third-order valence-electron chi connectivity index (χ3n) is 4.55. The fourth-order valence-electron chi connectivity index (χ4n) is 2.92. The van der Waals surface area contributed by atoms with E-state index in [-0.39, 0.29) is 18.3 Å². The number of aryl methyl sites for hydroxylation is 1. The summed E-state index contributed by atoms with van der Waals surface area (Å²) < 4.78 is 8.94. The molecule has 0 spiro atoms. The van der Waals surface area contributed by atoms with Gasteiger partial charge in [0.1, 0.15) is 5.75 Å². The third kappa shape index (κ3) is 4.69. The van der Waals surface area contributed by atoms with Gasteiger partial charge in [-0.1, -0.05) is 48.0 Å². The summed E-state index contributed by atoms with van der Waals surface area (Å²) in [5, 5.41) is 11.9. The summed E-state index contributed by atoms with van der Waals surface area (Å²) in [6, 6.07) is 16.9. The highest BCUT2D eigenvalue weighted by molar-refractivity contribution is 6.32. The predicted molar refractivity (Wildman–Crippen MR) is 115 cm³/mol. The number of rotatable bonds is 7. The number of halogens is 1. The maximum absolute atomic E-state index is 12.5. The van der Waals surface area contributed by atoms with Crippen LogP contribution in [0.25, 0.3) is 0 Å². The molecular formula is C22H20ClN5O2. The van der Waals surface area contributed by atoms with Crippen LogP contribution in [0.5, 0.6) is 5.75 Å². The fraction of sp³-hybridized carbons (Fsp3) is 0.136. The Bertz CT molecular complexity index is 1170. The van der Waals surface area contributed by atoms with E-state index in [9.17, 15) is 4.79 Å². The molecule has 0 aliphatic rings. The van der Waals surface area contributed by atoms with Gasteiger partial charge in [-0.2, -0.15) is 10.2 Å². The minimum absolute atomic E-state index is 0.144. The van der Waals surface area contributed by atoms with Gasteiger partial charge in [0.05, 0.1) is 23.5 Å². The Kier molecular flexibility index (Phi) is 5.81. The lowest BCUT2D eigenvalue weighted by atomic mass is 10.1. The Labute approximate surface area is 178 Å². The van der Waals surface area contributed by atoms with Crippen molar-refractivity contribution in [3.8, 4) is 5.75 Å². The lowest BCUT2D eigenvalue weighted by Gasteiger charge is -2.07. The minimum Gasteiger partial charge on any atom is -0.470 e. The lowest BCUT2D eigenvalue weighted by Crippen LogP contribution is -2.14. The molecule has 8 heteroatoms. The maximum Gasteiger partial charge on any atom is 0.276 e. The van der Waals surface area contributed by atoms with E-state index in [0.717, 1.165) is 0 Å². The van der Waals surface area contributed by atoms with E-state index in [1.165, 1.54) is 15.8 Å². The van der Waals surface area contributed by atoms with Crippen LogP contribution in [0.1, 0.15) is 21.6 Å². The number of carbonyl (C=O) groups is 1. The number of ether oxygens (including phenoxy) is 1. The molecule has 1 amide bonds. The molecule has 4 aromatic rings. The van der Waals surface area contributed by atoms with Gasteiger partial charge in [0.15, 0.2) is 12.4 Å². The SMILES string of the molecule is Cc1ccccc1Cn1cc(NC(=O)c2ccn(COc3ccccc3Cl)n2)cn1. The lowest BCUT2D eigenvalue weighted by molar-refractivity contribution is 0.102. The molecule has 0 fully saturated rings. The number of para-hydroxylation sites is 1. The molecule has 1 N–H and O–H groups in total. The van der Waals surface area contributed by atoms with Crippen molar-refractivity contribution >= 4 is 23.2 Å². The largest absolute Gasteiger partial charge is 0.470 e. The summed E-state index contributed by atoms with van der Waals surface area (Å²) in [6.07, 6.45) is 5.09. The number of aromatic nitrogens is 4. The predicted octanol–water partition coefficient (Wildman–Crippen LogP) is 4.38. The number of amides is 1. The first-order valence-electron chi connectivity index (χ1n) is 9.37. The van der Waals surface area contributed by atoms with E-state index in [2.05, 4.69) is 34.6 Å². The van der Waals surface area contributed by atoms with E-state index in [1.54, 1.807) is 41.5 Å². The summed E-state index contributed by atoms with van der Waals surface area (Å²) in [5.41, 5.74) is 3.26. The van der Waals surface area contributed by atoms with E-state index in [0.29, 0.717) is 23.0 Å². The van der Waals surface area contributed by atoms with Gasteiger partial charge in [-0.3, -0.25) is 9.48 Å². The molecular weight excluding hydrogens is 402 g/mol.